The van der Waals surface area contributed by atoms with Crippen LogP contribution in [0.15, 0.2) is 30.3 Å². The number of halogens is 3. The van der Waals surface area contributed by atoms with Gasteiger partial charge < -0.3 is 5.32 Å². The predicted octanol–water partition coefficient (Wildman–Crippen LogP) is 3.64. The molecule has 1 heterocycles. The number of carbonyl (C=O) groups excluding carboxylic acids is 1. The largest absolute Gasteiger partial charge is 0.352 e. The van der Waals surface area contributed by atoms with E-state index in [2.05, 4.69) is 15.3 Å². The minimum atomic E-state index is -0.674. The summed E-state index contributed by atoms with van der Waals surface area (Å²) in [5.41, 5.74) is 1.76. The summed E-state index contributed by atoms with van der Waals surface area (Å²) in [6.07, 6.45) is -0.0265. The second kappa shape index (κ2) is 7.11. The van der Waals surface area contributed by atoms with Crippen LogP contribution in [0.1, 0.15) is 27.3 Å². The fourth-order valence-corrected chi connectivity index (χ4v) is 2.64. The van der Waals surface area contributed by atoms with E-state index in [1.807, 2.05) is 0 Å². The molecule has 0 fully saturated rings. The maximum Gasteiger partial charge on any atom is 0.253 e. The Bertz CT molecular complexity index is 985. The first-order chi connectivity index (χ1) is 12.4. The van der Waals surface area contributed by atoms with Gasteiger partial charge in [0.2, 0.25) is 0 Å². The van der Waals surface area contributed by atoms with Gasteiger partial charge in [0.15, 0.2) is 0 Å². The van der Waals surface area contributed by atoms with Crippen molar-refractivity contribution in [3.05, 3.63) is 70.3 Å². The monoisotopic (exact) mass is 359 g/mol. The van der Waals surface area contributed by atoms with Crippen LogP contribution in [0.25, 0.3) is 11.0 Å². The summed E-state index contributed by atoms with van der Waals surface area (Å²) in [6.45, 7) is 3.48. The molecule has 0 aliphatic rings. The van der Waals surface area contributed by atoms with Crippen LogP contribution in [0.5, 0.6) is 0 Å². The third kappa shape index (κ3) is 3.51. The van der Waals surface area contributed by atoms with Crippen LogP contribution in [-0.4, -0.2) is 22.4 Å². The van der Waals surface area contributed by atoms with E-state index in [4.69, 9.17) is 0 Å². The number of aromatic nitrogens is 2. The summed E-state index contributed by atoms with van der Waals surface area (Å²) in [4.78, 5) is 21.0. The molecule has 0 unspecified atom stereocenters. The summed E-state index contributed by atoms with van der Waals surface area (Å²) in [5.74, 6) is -2.54. The number of fused-ring (bicyclic) bond motifs is 1. The fraction of sp³-hybridized carbons (Fsp3) is 0.211. The third-order valence-corrected chi connectivity index (χ3v) is 4.11. The summed E-state index contributed by atoms with van der Waals surface area (Å²) in [7, 11) is 0. The van der Waals surface area contributed by atoms with Gasteiger partial charge in [-0.05, 0) is 38.5 Å². The average Bonchev–Trinajstić information content (AvgIpc) is 2.58. The Morgan fingerprint density at radius 1 is 1.04 bits per heavy atom. The molecule has 1 aromatic heterocycles. The molecule has 3 aromatic rings. The van der Waals surface area contributed by atoms with Crippen LogP contribution < -0.4 is 5.32 Å². The van der Waals surface area contributed by atoms with Gasteiger partial charge >= 0.3 is 0 Å². The van der Waals surface area contributed by atoms with Crippen molar-refractivity contribution in [2.45, 2.75) is 20.3 Å². The zero-order valence-corrected chi connectivity index (χ0v) is 14.2. The topological polar surface area (TPSA) is 54.9 Å². The molecule has 0 aliphatic heterocycles. The van der Waals surface area contributed by atoms with E-state index in [9.17, 15) is 18.0 Å². The first-order valence-electron chi connectivity index (χ1n) is 8.02. The number of rotatable bonds is 4. The van der Waals surface area contributed by atoms with Crippen molar-refractivity contribution in [3.63, 3.8) is 0 Å². The fourth-order valence-electron chi connectivity index (χ4n) is 2.64. The van der Waals surface area contributed by atoms with Gasteiger partial charge in [0.25, 0.3) is 5.91 Å². The molecule has 1 N–H and O–H groups in total. The quantitative estimate of drug-likeness (QED) is 0.774. The molecular weight excluding hydrogens is 343 g/mol. The number of aryl methyl sites for hydroxylation is 2. The predicted molar refractivity (Wildman–Crippen MR) is 91.4 cm³/mol. The maximum atomic E-state index is 13.8. The number of hydrogen-bond donors (Lipinski definition) is 1. The normalized spacial score (nSPS) is 11.0. The lowest BCUT2D eigenvalue weighted by molar-refractivity contribution is 0.0955. The molecule has 0 saturated carbocycles. The van der Waals surface area contributed by atoms with Crippen LogP contribution in [0.3, 0.4) is 0 Å². The standard InChI is InChI=1S/C19H16F3N3O/c1-10-11(2)25-18-14(8-12(20)9-17(18)24-10)19(26)23-7-6-13-15(21)4-3-5-16(13)22/h3-5,8-9H,6-7H2,1-2H3,(H,23,26). The molecule has 3 rings (SSSR count). The zero-order valence-electron chi connectivity index (χ0n) is 14.2. The van der Waals surface area contributed by atoms with Crippen molar-refractivity contribution in [1.82, 2.24) is 15.3 Å². The molecule has 0 atom stereocenters. The van der Waals surface area contributed by atoms with E-state index in [1.165, 1.54) is 12.1 Å². The smallest absolute Gasteiger partial charge is 0.253 e. The van der Waals surface area contributed by atoms with E-state index in [0.717, 1.165) is 18.2 Å². The molecule has 0 saturated heterocycles. The molecule has 7 heteroatoms. The molecule has 26 heavy (non-hydrogen) atoms. The van der Waals surface area contributed by atoms with Gasteiger partial charge in [-0.3, -0.25) is 4.79 Å². The van der Waals surface area contributed by atoms with Crippen molar-refractivity contribution in [3.8, 4) is 0 Å². The SMILES string of the molecule is Cc1nc2cc(F)cc(C(=O)NCCc3c(F)cccc3F)c2nc1C. The number of benzene rings is 2. The van der Waals surface area contributed by atoms with E-state index in [-0.39, 0.29) is 35.1 Å². The van der Waals surface area contributed by atoms with Gasteiger partial charge in [-0.15, -0.1) is 0 Å². The number of nitrogens with one attached hydrogen (secondary N) is 1. The molecule has 4 nitrogen and oxygen atoms in total. The molecule has 0 aliphatic carbocycles. The minimum Gasteiger partial charge on any atom is -0.352 e. The highest BCUT2D eigenvalue weighted by Crippen LogP contribution is 2.19. The van der Waals surface area contributed by atoms with Gasteiger partial charge in [-0.2, -0.15) is 0 Å². The number of amides is 1. The molecule has 0 radical (unpaired) electrons. The highest BCUT2D eigenvalue weighted by Gasteiger charge is 2.16. The Labute approximate surface area is 148 Å². The molecular formula is C19H16F3N3O. The van der Waals surface area contributed by atoms with Crippen molar-refractivity contribution in [2.75, 3.05) is 6.54 Å². The number of carbonyl (C=O) groups is 1. The molecule has 0 bridgehead atoms. The van der Waals surface area contributed by atoms with E-state index < -0.39 is 23.4 Å². The van der Waals surface area contributed by atoms with Crippen LogP contribution in [0, 0.1) is 31.3 Å². The maximum absolute atomic E-state index is 13.8. The molecule has 2 aromatic carbocycles. The van der Waals surface area contributed by atoms with E-state index in [0.29, 0.717) is 11.4 Å². The van der Waals surface area contributed by atoms with Crippen LogP contribution in [0.4, 0.5) is 13.2 Å². The summed E-state index contributed by atoms with van der Waals surface area (Å²) in [5, 5.41) is 2.55. The first-order valence-corrected chi connectivity index (χ1v) is 8.02. The van der Waals surface area contributed by atoms with Crippen LogP contribution in [-0.2, 0) is 6.42 Å². The molecule has 1 amide bonds. The zero-order chi connectivity index (χ0) is 18.8. The lowest BCUT2D eigenvalue weighted by atomic mass is 10.1. The minimum absolute atomic E-state index is 0.00698. The van der Waals surface area contributed by atoms with Crippen LogP contribution >= 0.6 is 0 Å². The van der Waals surface area contributed by atoms with Gasteiger partial charge in [0.1, 0.15) is 23.0 Å². The number of nitrogens with zero attached hydrogens (tertiary/aromatic N) is 2. The summed E-state index contributed by atoms with van der Waals surface area (Å²) >= 11 is 0. The summed E-state index contributed by atoms with van der Waals surface area (Å²) in [6, 6.07) is 5.86. The van der Waals surface area contributed by atoms with Crippen molar-refractivity contribution in [2.24, 2.45) is 0 Å². The first kappa shape index (κ1) is 17.8. The highest BCUT2D eigenvalue weighted by molar-refractivity contribution is 6.04. The Kier molecular flexibility index (Phi) is 4.88. The lowest BCUT2D eigenvalue weighted by Crippen LogP contribution is -2.26. The lowest BCUT2D eigenvalue weighted by Gasteiger charge is -2.10. The molecule has 0 spiro atoms. The molecule has 134 valence electrons. The van der Waals surface area contributed by atoms with Crippen molar-refractivity contribution >= 4 is 16.9 Å². The van der Waals surface area contributed by atoms with Gasteiger partial charge in [-0.25, -0.2) is 23.1 Å². The third-order valence-electron chi connectivity index (χ3n) is 4.11. The van der Waals surface area contributed by atoms with Gasteiger partial charge in [0.05, 0.1) is 22.5 Å². The van der Waals surface area contributed by atoms with Gasteiger partial charge in [0, 0.05) is 18.2 Å². The van der Waals surface area contributed by atoms with Crippen LogP contribution in [0.2, 0.25) is 0 Å². The highest BCUT2D eigenvalue weighted by atomic mass is 19.1. The van der Waals surface area contributed by atoms with E-state index in [1.54, 1.807) is 13.8 Å². The Balaban J connectivity index is 1.83. The van der Waals surface area contributed by atoms with Gasteiger partial charge in [-0.1, -0.05) is 6.07 Å². The second-order valence-corrected chi connectivity index (χ2v) is 5.92. The second-order valence-electron chi connectivity index (χ2n) is 5.92. The average molecular weight is 359 g/mol. The van der Waals surface area contributed by atoms with Crippen molar-refractivity contribution in [1.29, 1.82) is 0 Å². The Morgan fingerprint density at radius 2 is 1.69 bits per heavy atom. The summed E-state index contributed by atoms with van der Waals surface area (Å²) < 4.78 is 41.1. The van der Waals surface area contributed by atoms with E-state index >= 15 is 0 Å². The van der Waals surface area contributed by atoms with Crippen molar-refractivity contribution < 1.29 is 18.0 Å². The Morgan fingerprint density at radius 3 is 2.38 bits per heavy atom. The number of hydrogen-bond acceptors (Lipinski definition) is 3. The Hall–Kier alpha value is -2.96.